The Bertz CT molecular complexity index is 773. The van der Waals surface area contributed by atoms with Gasteiger partial charge < -0.3 is 15.4 Å². The van der Waals surface area contributed by atoms with Gasteiger partial charge in [-0.25, -0.2) is 0 Å². The quantitative estimate of drug-likeness (QED) is 0.686. The van der Waals surface area contributed by atoms with E-state index in [1.54, 1.807) is 36.4 Å². The molecule has 0 aliphatic carbocycles. The monoisotopic (exact) mass is 450 g/mol. The summed E-state index contributed by atoms with van der Waals surface area (Å²) in [6, 6.07) is 14.3. The normalized spacial score (nSPS) is 16.4. The molecule has 0 aromatic heterocycles. The van der Waals surface area contributed by atoms with E-state index in [0.717, 1.165) is 23.0 Å². The highest BCUT2D eigenvalue weighted by Gasteiger charge is 2.18. The number of hydrogen-bond acceptors (Lipinski definition) is 3. The molecule has 1 heterocycles. The molecule has 1 atom stereocenters. The van der Waals surface area contributed by atoms with Crippen LogP contribution >= 0.6 is 22.6 Å². The van der Waals surface area contributed by atoms with Crippen LogP contribution in [0.1, 0.15) is 33.6 Å². The molecule has 1 fully saturated rings. The number of para-hydroxylation sites is 1. The van der Waals surface area contributed by atoms with E-state index in [1.807, 2.05) is 12.1 Å². The van der Waals surface area contributed by atoms with Crippen molar-refractivity contribution in [3.05, 3.63) is 63.2 Å². The van der Waals surface area contributed by atoms with Crippen molar-refractivity contribution in [3.8, 4) is 0 Å². The maximum absolute atomic E-state index is 12.5. The second kappa shape index (κ2) is 8.44. The fraction of sp³-hybridized carbons (Fsp3) is 0.263. The number of hydrogen-bond donors (Lipinski definition) is 2. The summed E-state index contributed by atoms with van der Waals surface area (Å²) >= 11 is 2.16. The summed E-state index contributed by atoms with van der Waals surface area (Å²) in [6.07, 6.45) is 2.08. The molecule has 1 aliphatic rings. The third-order valence-corrected chi connectivity index (χ3v) is 4.69. The van der Waals surface area contributed by atoms with E-state index in [-0.39, 0.29) is 17.9 Å². The molecule has 2 N–H and O–H groups in total. The van der Waals surface area contributed by atoms with Crippen LogP contribution in [0.2, 0.25) is 0 Å². The summed E-state index contributed by atoms with van der Waals surface area (Å²) in [6.45, 7) is 1.24. The van der Waals surface area contributed by atoms with E-state index in [4.69, 9.17) is 4.74 Å². The van der Waals surface area contributed by atoms with Gasteiger partial charge in [0, 0.05) is 22.3 Å². The Hall–Kier alpha value is -1.93. The van der Waals surface area contributed by atoms with E-state index < -0.39 is 0 Å². The zero-order valence-corrected chi connectivity index (χ0v) is 15.8. The molecule has 0 spiro atoms. The van der Waals surface area contributed by atoms with Crippen LogP contribution in [0.15, 0.2) is 48.5 Å². The zero-order chi connectivity index (χ0) is 17.6. The Morgan fingerprint density at radius 1 is 1.12 bits per heavy atom. The number of anilines is 1. The van der Waals surface area contributed by atoms with Crippen LogP contribution in [0.4, 0.5) is 5.69 Å². The Balaban J connectivity index is 1.69. The van der Waals surface area contributed by atoms with Gasteiger partial charge >= 0.3 is 0 Å². The van der Waals surface area contributed by atoms with Gasteiger partial charge in [-0.3, -0.25) is 9.59 Å². The average molecular weight is 450 g/mol. The molecular weight excluding hydrogens is 431 g/mol. The predicted molar refractivity (Wildman–Crippen MR) is 105 cm³/mol. The van der Waals surface area contributed by atoms with Gasteiger partial charge in [-0.05, 0) is 65.8 Å². The van der Waals surface area contributed by atoms with Crippen LogP contribution in [-0.2, 0) is 4.74 Å². The Morgan fingerprint density at radius 3 is 2.72 bits per heavy atom. The van der Waals surface area contributed by atoms with Crippen molar-refractivity contribution in [3.63, 3.8) is 0 Å². The van der Waals surface area contributed by atoms with E-state index in [2.05, 4.69) is 33.2 Å². The maximum atomic E-state index is 12.5. The summed E-state index contributed by atoms with van der Waals surface area (Å²) in [5.41, 5.74) is 1.50. The van der Waals surface area contributed by atoms with E-state index >= 15 is 0 Å². The number of halogens is 1. The summed E-state index contributed by atoms with van der Waals surface area (Å²) in [5.74, 6) is -0.452. The average Bonchev–Trinajstić information content (AvgIpc) is 3.13. The van der Waals surface area contributed by atoms with Crippen molar-refractivity contribution < 1.29 is 14.3 Å². The summed E-state index contributed by atoms with van der Waals surface area (Å²) in [7, 11) is 0. The van der Waals surface area contributed by atoms with Gasteiger partial charge in [0.15, 0.2) is 0 Å². The van der Waals surface area contributed by atoms with Crippen molar-refractivity contribution in [1.29, 1.82) is 0 Å². The van der Waals surface area contributed by atoms with Crippen molar-refractivity contribution in [2.24, 2.45) is 0 Å². The minimum Gasteiger partial charge on any atom is -0.376 e. The molecule has 2 amide bonds. The van der Waals surface area contributed by atoms with Crippen LogP contribution in [0, 0.1) is 3.57 Å². The lowest BCUT2D eigenvalue weighted by molar-refractivity contribution is 0.0858. The van der Waals surface area contributed by atoms with Crippen LogP contribution in [0.5, 0.6) is 0 Å². The molecule has 1 saturated heterocycles. The molecule has 2 aromatic carbocycles. The minimum absolute atomic E-state index is 0.0806. The van der Waals surface area contributed by atoms with E-state index in [0.29, 0.717) is 23.4 Å². The molecular formula is C19H19IN2O3. The lowest BCUT2D eigenvalue weighted by Gasteiger charge is -2.14. The number of amides is 2. The lowest BCUT2D eigenvalue weighted by Crippen LogP contribution is -2.32. The highest BCUT2D eigenvalue weighted by Crippen LogP contribution is 2.18. The highest BCUT2D eigenvalue weighted by molar-refractivity contribution is 14.1. The smallest absolute Gasteiger partial charge is 0.255 e. The molecule has 1 aliphatic heterocycles. The third kappa shape index (κ3) is 4.79. The SMILES string of the molecule is O=C(Nc1ccccc1C(=O)NC[C@@H]1CCCO1)c1cccc(I)c1. The largest absolute Gasteiger partial charge is 0.376 e. The molecule has 25 heavy (non-hydrogen) atoms. The number of ether oxygens (including phenoxy) is 1. The van der Waals surface area contributed by atoms with Crippen LogP contribution < -0.4 is 10.6 Å². The number of carbonyl (C=O) groups excluding carboxylic acids is 2. The van der Waals surface area contributed by atoms with Gasteiger partial charge in [0.1, 0.15) is 0 Å². The first-order valence-corrected chi connectivity index (χ1v) is 9.27. The summed E-state index contributed by atoms with van der Waals surface area (Å²) in [4.78, 5) is 24.9. The predicted octanol–water partition coefficient (Wildman–Crippen LogP) is 3.45. The van der Waals surface area contributed by atoms with Gasteiger partial charge in [-0.2, -0.15) is 0 Å². The minimum atomic E-state index is -0.238. The molecule has 3 rings (SSSR count). The molecule has 130 valence electrons. The molecule has 0 saturated carbocycles. The van der Waals surface area contributed by atoms with Gasteiger partial charge in [-0.1, -0.05) is 18.2 Å². The molecule has 0 bridgehead atoms. The third-order valence-electron chi connectivity index (χ3n) is 4.02. The maximum Gasteiger partial charge on any atom is 0.255 e. The first-order valence-electron chi connectivity index (χ1n) is 8.19. The number of benzene rings is 2. The summed E-state index contributed by atoms with van der Waals surface area (Å²) in [5, 5.41) is 5.72. The first-order chi connectivity index (χ1) is 12.1. The second-order valence-corrected chi connectivity index (χ2v) is 7.10. The Kier molecular flexibility index (Phi) is 6.04. The molecule has 6 heteroatoms. The van der Waals surface area contributed by atoms with E-state index in [1.165, 1.54) is 0 Å². The summed E-state index contributed by atoms with van der Waals surface area (Å²) < 4.78 is 6.50. The van der Waals surface area contributed by atoms with Crippen LogP contribution in [0.3, 0.4) is 0 Å². The van der Waals surface area contributed by atoms with Gasteiger partial charge in [0.25, 0.3) is 11.8 Å². The highest BCUT2D eigenvalue weighted by atomic mass is 127. The lowest BCUT2D eigenvalue weighted by atomic mass is 10.1. The van der Waals surface area contributed by atoms with Crippen LogP contribution in [0.25, 0.3) is 0 Å². The topological polar surface area (TPSA) is 67.4 Å². The van der Waals surface area contributed by atoms with Crippen molar-refractivity contribution in [2.75, 3.05) is 18.5 Å². The van der Waals surface area contributed by atoms with Crippen LogP contribution in [-0.4, -0.2) is 31.1 Å². The van der Waals surface area contributed by atoms with E-state index in [9.17, 15) is 9.59 Å². The molecule has 0 radical (unpaired) electrons. The van der Waals surface area contributed by atoms with Gasteiger partial charge in [0.05, 0.1) is 17.4 Å². The second-order valence-electron chi connectivity index (χ2n) is 5.86. The Labute approximate surface area is 160 Å². The van der Waals surface area contributed by atoms with Gasteiger partial charge in [0.2, 0.25) is 0 Å². The fourth-order valence-electron chi connectivity index (χ4n) is 2.72. The first kappa shape index (κ1) is 17.9. The number of nitrogens with one attached hydrogen (secondary N) is 2. The van der Waals surface area contributed by atoms with Crippen molar-refractivity contribution in [2.45, 2.75) is 18.9 Å². The molecule has 2 aromatic rings. The standard InChI is InChI=1S/C19H19IN2O3/c20-14-6-3-5-13(11-14)18(23)22-17-9-2-1-8-16(17)19(24)21-12-15-7-4-10-25-15/h1-3,5-6,8-9,11,15H,4,7,10,12H2,(H,21,24)(H,22,23)/t15-/m0/s1. The van der Waals surface area contributed by atoms with Gasteiger partial charge in [-0.15, -0.1) is 0 Å². The Morgan fingerprint density at radius 2 is 1.96 bits per heavy atom. The van der Waals surface area contributed by atoms with Crippen molar-refractivity contribution in [1.82, 2.24) is 5.32 Å². The molecule has 5 nitrogen and oxygen atoms in total. The fourth-order valence-corrected chi connectivity index (χ4v) is 3.26. The zero-order valence-electron chi connectivity index (χ0n) is 13.6. The number of rotatable bonds is 5. The molecule has 0 unspecified atom stereocenters. The number of carbonyl (C=O) groups is 2. The van der Waals surface area contributed by atoms with Crippen molar-refractivity contribution >= 4 is 40.1 Å².